The van der Waals surface area contributed by atoms with Gasteiger partial charge in [-0.1, -0.05) is 95.3 Å². The fourth-order valence-corrected chi connectivity index (χ4v) is 8.99. The van der Waals surface area contributed by atoms with E-state index in [2.05, 4.69) is 121 Å². The van der Waals surface area contributed by atoms with E-state index in [4.69, 9.17) is 17.3 Å². The van der Waals surface area contributed by atoms with E-state index in [9.17, 15) is 28.0 Å². The monoisotopic (exact) mass is 1010 g/mol. The number of carbonyl (C=O) groups is 2. The quantitative estimate of drug-likeness (QED) is 0.0786. The van der Waals surface area contributed by atoms with Gasteiger partial charge in [-0.15, -0.1) is 20.4 Å². The van der Waals surface area contributed by atoms with Crippen molar-refractivity contribution in [1.82, 2.24) is 50.4 Å². The number of likely N-dealkylation sites (tertiary alicyclic amines) is 2. The van der Waals surface area contributed by atoms with Gasteiger partial charge >= 0.3 is 0 Å². The molecule has 15 nitrogen and oxygen atoms in total. The number of halogens is 3. The third-order valence-corrected chi connectivity index (χ3v) is 13.1. The minimum Gasteiger partial charge on any atom is -0.346 e. The lowest BCUT2D eigenvalue weighted by Crippen LogP contribution is -2.30. The second-order valence-corrected chi connectivity index (χ2v) is 18.5. The number of aromatic amines is 2. The number of nitrogens with one attached hydrogen (secondary N) is 3. The Morgan fingerprint density at radius 2 is 1.10 bits per heavy atom. The first kappa shape index (κ1) is 56.5. The number of carbonyl (C=O) groups excluding carboxylic acids is 2. The first-order valence-electron chi connectivity index (χ1n) is 24.4. The average molecular weight is 1010 g/mol. The molecular weight excluding hydrogens is 940 g/mol. The molecule has 2 fully saturated rings. The molecule has 0 radical (unpaired) electrons. The van der Waals surface area contributed by atoms with Crippen LogP contribution in [0.1, 0.15) is 112 Å². The predicted octanol–water partition coefficient (Wildman–Crippen LogP) is 7.50. The molecule has 384 valence electrons. The summed E-state index contributed by atoms with van der Waals surface area (Å²) in [6.45, 7) is 23.2. The van der Waals surface area contributed by atoms with Gasteiger partial charge in [-0.25, -0.2) is 8.78 Å². The summed E-state index contributed by atoms with van der Waals surface area (Å²) in [6.07, 6.45) is 0. The molecule has 2 aliphatic rings. The Balaban J connectivity index is 0.000000206. The maximum atomic E-state index is 13.2. The van der Waals surface area contributed by atoms with Crippen LogP contribution in [0.25, 0.3) is 0 Å². The third kappa shape index (κ3) is 16.6. The normalized spacial score (nSPS) is 17.5. The molecule has 1 amide bonds. The highest BCUT2D eigenvalue weighted by Crippen LogP contribution is 2.32. The number of aromatic nitrogens is 6. The molecule has 0 aliphatic carbocycles. The summed E-state index contributed by atoms with van der Waals surface area (Å²) in [5, 5.41) is 18.6. The first-order valence-corrected chi connectivity index (χ1v) is 24.8. The number of hydrogen-bond acceptors (Lipinski definition) is 12. The minimum atomic E-state index is -0.553. The molecule has 8 rings (SSSR count). The molecule has 4 aromatic carbocycles. The molecule has 2 aromatic heterocycles. The van der Waals surface area contributed by atoms with Crippen LogP contribution < -0.4 is 22.2 Å². The fraction of sp³-hybridized carbons (Fsp3) is 0.407. The molecule has 18 heteroatoms. The molecule has 5 N–H and O–H groups in total. The summed E-state index contributed by atoms with van der Waals surface area (Å²) in [6, 6.07) is 28.5. The number of amides is 1. The van der Waals surface area contributed by atoms with Crippen molar-refractivity contribution >= 4 is 22.8 Å². The summed E-state index contributed by atoms with van der Waals surface area (Å²) in [5.74, 6) is 1.14. The van der Waals surface area contributed by atoms with Gasteiger partial charge < -0.3 is 25.9 Å². The van der Waals surface area contributed by atoms with Crippen molar-refractivity contribution in [2.75, 3.05) is 45.8 Å². The molecular formula is C54H68ClF2N11O4. The standard InChI is InChI=1S/C24H26FN5O2.C16H21N5O.C8H6ClFO.C6H15N/c1-15-10-18(25)8-9-19(15)23(31)26-11-21-24(32)27-22(29-28-21)20-14-30(12-16(20)2)13-17-6-4-3-5-7-17;1-11-8-21(9-12-5-3-2-4-6-12)10-13(11)15-18-16(22)14(7-17)19-20-15;1-5-4-6(10)2-3-7(5)8(9)11;1-4-7(5-2)6-3/h3-10,16,20H,11-14H2,1-2H3,(H,26,31)(H,27,29,32);2-6,11,13H,7-10,17H2,1H3,(H,18,20,22);2-4H,1H3;4-6H2,1-3H3. The fourth-order valence-electron chi connectivity index (χ4n) is 8.78. The molecule has 2 saturated heterocycles. The van der Waals surface area contributed by atoms with Crippen molar-refractivity contribution in [2.45, 2.75) is 86.5 Å². The molecule has 6 aromatic rings. The Kier molecular flexibility index (Phi) is 22.0. The van der Waals surface area contributed by atoms with Crippen LogP contribution in [0.2, 0.25) is 0 Å². The molecule has 4 atom stereocenters. The number of nitrogens with two attached hydrogens (primary N) is 1. The van der Waals surface area contributed by atoms with Crippen molar-refractivity contribution in [3.05, 3.63) is 186 Å². The van der Waals surface area contributed by atoms with E-state index in [1.54, 1.807) is 13.8 Å². The minimum absolute atomic E-state index is 0.0569. The van der Waals surface area contributed by atoms with E-state index in [-0.39, 0.29) is 53.2 Å². The average Bonchev–Trinajstić information content (AvgIpc) is 3.92. The Morgan fingerprint density at radius 3 is 1.47 bits per heavy atom. The van der Waals surface area contributed by atoms with Crippen LogP contribution in [0.4, 0.5) is 8.78 Å². The van der Waals surface area contributed by atoms with Crippen LogP contribution in [0, 0.1) is 37.3 Å². The largest absolute Gasteiger partial charge is 0.346 e. The zero-order valence-corrected chi connectivity index (χ0v) is 43.1. The number of aryl methyl sites for hydroxylation is 2. The lowest BCUT2D eigenvalue weighted by atomic mass is 9.97. The van der Waals surface area contributed by atoms with Crippen molar-refractivity contribution in [3.8, 4) is 0 Å². The van der Waals surface area contributed by atoms with Gasteiger partial charge in [0.1, 0.15) is 34.7 Å². The van der Waals surface area contributed by atoms with Crippen LogP contribution in [0.3, 0.4) is 0 Å². The van der Waals surface area contributed by atoms with Crippen LogP contribution in [-0.4, -0.2) is 102 Å². The second kappa shape index (κ2) is 28.0. The maximum absolute atomic E-state index is 13.2. The van der Waals surface area contributed by atoms with Crippen LogP contribution in [-0.2, 0) is 26.2 Å². The van der Waals surface area contributed by atoms with Gasteiger partial charge in [0.05, 0.1) is 6.54 Å². The summed E-state index contributed by atoms with van der Waals surface area (Å²) >= 11 is 5.20. The smallest absolute Gasteiger partial charge is 0.274 e. The van der Waals surface area contributed by atoms with Crippen LogP contribution in [0.15, 0.2) is 107 Å². The van der Waals surface area contributed by atoms with Gasteiger partial charge in [0, 0.05) is 68.8 Å². The topological polar surface area (TPSA) is 199 Å². The SMILES string of the molecule is CC1CN(Cc2ccccc2)CC1c1nnc(CN)c(=O)[nH]1.CCN(CC)CC.Cc1cc(F)ccc1C(=O)Cl.Cc1cc(F)ccc1C(=O)NCc1nnc(C2CN(Cc3ccccc3)CC2C)[nH]c1=O. The van der Waals surface area contributed by atoms with E-state index in [1.165, 1.54) is 67.2 Å². The highest BCUT2D eigenvalue weighted by atomic mass is 35.5. The highest BCUT2D eigenvalue weighted by molar-refractivity contribution is 6.67. The third-order valence-electron chi connectivity index (χ3n) is 12.9. The number of nitrogens with zero attached hydrogens (tertiary/aromatic N) is 7. The van der Waals surface area contributed by atoms with Crippen molar-refractivity contribution in [1.29, 1.82) is 0 Å². The van der Waals surface area contributed by atoms with Gasteiger partial charge in [-0.05, 0) is 116 Å². The van der Waals surface area contributed by atoms with E-state index in [0.717, 1.165) is 39.3 Å². The molecule has 0 saturated carbocycles. The Hall–Kier alpha value is -6.37. The van der Waals surface area contributed by atoms with E-state index < -0.39 is 17.0 Å². The molecule has 4 heterocycles. The lowest BCUT2D eigenvalue weighted by molar-refractivity contribution is 0.0949. The summed E-state index contributed by atoms with van der Waals surface area (Å²) < 4.78 is 25.7. The number of hydrogen-bond donors (Lipinski definition) is 4. The number of benzene rings is 4. The van der Waals surface area contributed by atoms with Gasteiger partial charge in [-0.2, -0.15) is 0 Å². The zero-order chi connectivity index (χ0) is 52.3. The molecule has 2 aliphatic heterocycles. The molecule has 0 bridgehead atoms. The Morgan fingerprint density at radius 1 is 0.667 bits per heavy atom. The van der Waals surface area contributed by atoms with Gasteiger partial charge in [0.15, 0.2) is 0 Å². The van der Waals surface area contributed by atoms with Crippen molar-refractivity contribution in [3.63, 3.8) is 0 Å². The van der Waals surface area contributed by atoms with Crippen LogP contribution in [0.5, 0.6) is 0 Å². The zero-order valence-electron chi connectivity index (χ0n) is 42.3. The van der Waals surface area contributed by atoms with Crippen LogP contribution >= 0.6 is 11.6 Å². The second-order valence-electron chi connectivity index (χ2n) is 18.2. The van der Waals surface area contributed by atoms with E-state index in [1.807, 2.05) is 24.3 Å². The summed E-state index contributed by atoms with van der Waals surface area (Å²) in [5.41, 5.74) is 9.64. The highest BCUT2D eigenvalue weighted by Gasteiger charge is 2.34. The Bertz CT molecular complexity index is 2790. The van der Waals surface area contributed by atoms with Crippen molar-refractivity contribution < 1.29 is 18.4 Å². The number of rotatable bonds is 14. The van der Waals surface area contributed by atoms with Gasteiger partial charge in [0.25, 0.3) is 22.3 Å². The first-order chi connectivity index (χ1) is 34.5. The number of H-pyrrole nitrogens is 2. The lowest BCUT2D eigenvalue weighted by Gasteiger charge is -2.15. The summed E-state index contributed by atoms with van der Waals surface area (Å²) in [4.78, 5) is 60.2. The summed E-state index contributed by atoms with van der Waals surface area (Å²) in [7, 11) is 0. The Labute approximate surface area is 425 Å². The van der Waals surface area contributed by atoms with Gasteiger partial charge in [-0.3, -0.25) is 29.0 Å². The van der Waals surface area contributed by atoms with E-state index in [0.29, 0.717) is 45.7 Å². The van der Waals surface area contributed by atoms with E-state index >= 15 is 0 Å². The molecule has 4 unspecified atom stereocenters. The molecule has 72 heavy (non-hydrogen) atoms. The predicted molar refractivity (Wildman–Crippen MR) is 278 cm³/mol. The maximum Gasteiger partial charge on any atom is 0.274 e. The molecule has 0 spiro atoms. The van der Waals surface area contributed by atoms with Gasteiger partial charge in [0.2, 0.25) is 0 Å². The van der Waals surface area contributed by atoms with Crippen molar-refractivity contribution in [2.24, 2.45) is 17.6 Å².